The number of rotatable bonds is 9. The van der Waals surface area contributed by atoms with Crippen LogP contribution in [0.5, 0.6) is 23.0 Å². The van der Waals surface area contributed by atoms with E-state index in [0.717, 1.165) is 0 Å². The molecule has 2 aliphatic heterocycles. The van der Waals surface area contributed by atoms with Gasteiger partial charge in [0, 0.05) is 38.7 Å². The molecule has 1 saturated heterocycles. The first-order chi connectivity index (χ1) is 16.5. The second kappa shape index (κ2) is 11.0. The second-order valence-electron chi connectivity index (χ2n) is 7.92. The van der Waals surface area contributed by atoms with E-state index < -0.39 is 10.0 Å². The van der Waals surface area contributed by atoms with Gasteiger partial charge in [-0.15, -0.1) is 0 Å². The van der Waals surface area contributed by atoms with E-state index in [4.69, 9.17) is 18.9 Å². The van der Waals surface area contributed by atoms with Crippen molar-refractivity contribution in [1.82, 2.24) is 9.21 Å². The van der Waals surface area contributed by atoms with Gasteiger partial charge < -0.3 is 23.8 Å². The molecule has 2 aromatic carbocycles. The van der Waals surface area contributed by atoms with Gasteiger partial charge in [-0.1, -0.05) is 12.1 Å². The zero-order valence-corrected chi connectivity index (χ0v) is 20.1. The maximum atomic E-state index is 13.1. The smallest absolute Gasteiger partial charge is 0.243 e. The van der Waals surface area contributed by atoms with E-state index in [2.05, 4.69) is 0 Å². The topological polar surface area (TPSA) is 94.6 Å². The lowest BCUT2D eigenvalue weighted by Gasteiger charge is -2.34. The van der Waals surface area contributed by atoms with Gasteiger partial charge >= 0.3 is 0 Å². The predicted octanol–water partition coefficient (Wildman–Crippen LogP) is 2.55. The SMILES string of the molecule is CCOc1ccccc1OCCCC(=O)N1CCN(S(=O)(=O)c2ccc3c(c2)OCCO3)CC1. The fraction of sp³-hybridized carbons (Fsp3) is 0.458. The monoisotopic (exact) mass is 490 g/mol. The lowest BCUT2D eigenvalue weighted by molar-refractivity contribution is -0.132. The van der Waals surface area contributed by atoms with Crippen LogP contribution in [-0.2, 0) is 14.8 Å². The molecule has 0 radical (unpaired) electrons. The minimum absolute atomic E-state index is 0.00179. The number of piperazine rings is 1. The third-order valence-electron chi connectivity index (χ3n) is 5.68. The van der Waals surface area contributed by atoms with E-state index in [1.54, 1.807) is 11.0 Å². The Hall–Kier alpha value is -2.98. The van der Waals surface area contributed by atoms with Crippen LogP contribution in [-0.4, -0.2) is 76.1 Å². The summed E-state index contributed by atoms with van der Waals surface area (Å²) < 4.78 is 49.8. The number of fused-ring (bicyclic) bond motifs is 1. The molecule has 0 bridgehead atoms. The van der Waals surface area contributed by atoms with Crippen molar-refractivity contribution in [2.24, 2.45) is 0 Å². The van der Waals surface area contributed by atoms with E-state index in [0.29, 0.717) is 75.4 Å². The van der Waals surface area contributed by atoms with Crippen molar-refractivity contribution in [2.75, 3.05) is 52.6 Å². The molecule has 0 saturated carbocycles. The van der Waals surface area contributed by atoms with Crippen molar-refractivity contribution in [1.29, 1.82) is 0 Å². The molecule has 9 nitrogen and oxygen atoms in total. The van der Waals surface area contributed by atoms with E-state index in [-0.39, 0.29) is 23.9 Å². The fourth-order valence-corrected chi connectivity index (χ4v) is 5.36. The van der Waals surface area contributed by atoms with Crippen LogP contribution in [0.15, 0.2) is 47.4 Å². The first-order valence-electron chi connectivity index (χ1n) is 11.5. The third-order valence-corrected chi connectivity index (χ3v) is 7.58. The number of amides is 1. The summed E-state index contributed by atoms with van der Waals surface area (Å²) in [6.07, 6.45) is 0.903. The van der Waals surface area contributed by atoms with Gasteiger partial charge in [0.25, 0.3) is 0 Å². The van der Waals surface area contributed by atoms with Gasteiger partial charge in [0.15, 0.2) is 23.0 Å². The van der Waals surface area contributed by atoms with Crippen LogP contribution in [0.2, 0.25) is 0 Å². The van der Waals surface area contributed by atoms with Crippen LogP contribution in [0.3, 0.4) is 0 Å². The van der Waals surface area contributed by atoms with Crippen LogP contribution in [0.1, 0.15) is 19.8 Å². The van der Waals surface area contributed by atoms with Crippen molar-refractivity contribution < 1.29 is 32.2 Å². The highest BCUT2D eigenvalue weighted by Gasteiger charge is 2.31. The molecule has 0 unspecified atom stereocenters. The molecule has 0 N–H and O–H groups in total. The standard InChI is InChI=1S/C24H30N2O7S/c1-2-30-20-6-3-4-7-21(20)31-15-5-8-24(27)25-11-13-26(14-12-25)34(28,29)19-9-10-22-23(18-19)33-17-16-32-22/h3-4,6-7,9-10,18H,2,5,8,11-17H2,1H3. The zero-order valence-electron chi connectivity index (χ0n) is 19.3. The molecule has 2 aliphatic rings. The molecule has 0 spiro atoms. The molecular weight excluding hydrogens is 460 g/mol. The molecule has 4 rings (SSSR count). The minimum atomic E-state index is -3.68. The minimum Gasteiger partial charge on any atom is -0.490 e. The number of nitrogens with zero attached hydrogens (tertiary/aromatic N) is 2. The van der Waals surface area contributed by atoms with Gasteiger partial charge in [0.2, 0.25) is 15.9 Å². The summed E-state index contributed by atoms with van der Waals surface area (Å²) in [5, 5.41) is 0. The Bertz CT molecular complexity index is 1100. The Morgan fingerprint density at radius 2 is 1.62 bits per heavy atom. The zero-order chi connectivity index (χ0) is 24.0. The Kier molecular flexibility index (Phi) is 7.79. The molecule has 0 aromatic heterocycles. The van der Waals surface area contributed by atoms with Crippen molar-refractivity contribution in [2.45, 2.75) is 24.7 Å². The van der Waals surface area contributed by atoms with Crippen LogP contribution in [0.25, 0.3) is 0 Å². The maximum Gasteiger partial charge on any atom is 0.243 e. The largest absolute Gasteiger partial charge is 0.490 e. The Labute approximate surface area is 200 Å². The van der Waals surface area contributed by atoms with Crippen LogP contribution < -0.4 is 18.9 Å². The Morgan fingerprint density at radius 1 is 0.941 bits per heavy atom. The summed E-state index contributed by atoms with van der Waals surface area (Å²) in [6, 6.07) is 12.1. The highest BCUT2D eigenvalue weighted by atomic mass is 32.2. The lowest BCUT2D eigenvalue weighted by atomic mass is 10.2. The predicted molar refractivity (Wildman–Crippen MR) is 125 cm³/mol. The van der Waals surface area contributed by atoms with Crippen molar-refractivity contribution >= 4 is 15.9 Å². The number of para-hydroxylation sites is 2. The first kappa shape index (κ1) is 24.2. The molecule has 0 atom stereocenters. The number of benzene rings is 2. The quantitative estimate of drug-likeness (QED) is 0.499. The second-order valence-corrected chi connectivity index (χ2v) is 9.86. The normalized spacial score (nSPS) is 16.2. The van der Waals surface area contributed by atoms with Crippen LogP contribution >= 0.6 is 0 Å². The number of ether oxygens (including phenoxy) is 4. The van der Waals surface area contributed by atoms with Gasteiger partial charge in [-0.3, -0.25) is 4.79 Å². The Balaban J connectivity index is 1.24. The summed E-state index contributed by atoms with van der Waals surface area (Å²) in [6.45, 7) is 4.91. The van der Waals surface area contributed by atoms with Crippen LogP contribution in [0.4, 0.5) is 0 Å². The molecule has 2 heterocycles. The highest BCUT2D eigenvalue weighted by molar-refractivity contribution is 7.89. The number of hydrogen-bond donors (Lipinski definition) is 0. The van der Waals surface area contributed by atoms with E-state index in [1.807, 2.05) is 31.2 Å². The average Bonchev–Trinajstić information content (AvgIpc) is 2.87. The lowest BCUT2D eigenvalue weighted by Crippen LogP contribution is -2.50. The summed E-state index contributed by atoms with van der Waals surface area (Å²) in [4.78, 5) is 14.5. The van der Waals surface area contributed by atoms with Crippen molar-refractivity contribution in [3.63, 3.8) is 0 Å². The summed E-state index contributed by atoms with van der Waals surface area (Å²) in [5.74, 6) is 2.33. The molecule has 34 heavy (non-hydrogen) atoms. The van der Waals surface area contributed by atoms with Gasteiger partial charge in [-0.2, -0.15) is 4.31 Å². The molecule has 2 aromatic rings. The van der Waals surface area contributed by atoms with E-state index >= 15 is 0 Å². The number of hydrogen-bond acceptors (Lipinski definition) is 7. The maximum absolute atomic E-state index is 13.1. The number of sulfonamides is 1. The average molecular weight is 491 g/mol. The van der Waals surface area contributed by atoms with Gasteiger partial charge in [0.05, 0.1) is 18.1 Å². The Morgan fingerprint density at radius 3 is 2.32 bits per heavy atom. The fourth-order valence-electron chi connectivity index (χ4n) is 3.92. The summed E-state index contributed by atoms with van der Waals surface area (Å²) >= 11 is 0. The molecular formula is C24H30N2O7S. The third kappa shape index (κ3) is 5.56. The van der Waals surface area contributed by atoms with Crippen LogP contribution in [0, 0.1) is 0 Å². The van der Waals surface area contributed by atoms with E-state index in [9.17, 15) is 13.2 Å². The van der Waals surface area contributed by atoms with Crippen molar-refractivity contribution in [3.8, 4) is 23.0 Å². The summed E-state index contributed by atoms with van der Waals surface area (Å²) in [5.41, 5.74) is 0. The number of carbonyl (C=O) groups excluding carboxylic acids is 1. The molecule has 0 aliphatic carbocycles. The molecule has 1 fully saturated rings. The van der Waals surface area contributed by atoms with Gasteiger partial charge in [-0.05, 0) is 37.6 Å². The molecule has 1 amide bonds. The van der Waals surface area contributed by atoms with E-state index in [1.165, 1.54) is 16.4 Å². The van der Waals surface area contributed by atoms with Crippen molar-refractivity contribution in [3.05, 3.63) is 42.5 Å². The number of carbonyl (C=O) groups is 1. The first-order valence-corrected chi connectivity index (χ1v) is 12.9. The summed E-state index contributed by atoms with van der Waals surface area (Å²) in [7, 11) is -3.68. The van der Waals surface area contributed by atoms with Gasteiger partial charge in [0.1, 0.15) is 13.2 Å². The molecule has 10 heteroatoms. The van der Waals surface area contributed by atoms with Gasteiger partial charge in [-0.25, -0.2) is 8.42 Å². The molecule has 184 valence electrons. The highest BCUT2D eigenvalue weighted by Crippen LogP contribution is 2.33.